The molecule has 1 aromatic rings. The van der Waals surface area contributed by atoms with Crippen LogP contribution in [-0.2, 0) is 22.3 Å². The fraction of sp³-hybridized carbons (Fsp3) is 0.667. The molecule has 1 atom stereocenters. The molecule has 0 radical (unpaired) electrons. The first-order valence-corrected chi connectivity index (χ1v) is 8.14. The zero-order valence-corrected chi connectivity index (χ0v) is 14.3. The largest absolute Gasteiger partial charge is 0.355 e. The fourth-order valence-electron chi connectivity index (χ4n) is 2.96. The summed E-state index contributed by atoms with van der Waals surface area (Å²) in [6.45, 7) is 8.09. The van der Waals surface area contributed by atoms with Gasteiger partial charge in [0, 0.05) is 26.8 Å². The Kier molecular flexibility index (Phi) is 8.58. The molecule has 3 nitrogen and oxygen atoms in total. The van der Waals surface area contributed by atoms with Crippen molar-refractivity contribution in [1.29, 1.82) is 0 Å². The van der Waals surface area contributed by atoms with Crippen LogP contribution in [0.25, 0.3) is 0 Å². The molecule has 0 amide bonds. The van der Waals surface area contributed by atoms with Gasteiger partial charge in [0.2, 0.25) is 0 Å². The monoisotopic (exact) mass is 293 g/mol. The molecule has 1 aliphatic rings. The lowest BCUT2D eigenvalue weighted by Crippen LogP contribution is -2.44. The summed E-state index contributed by atoms with van der Waals surface area (Å²) in [7, 11) is 3.41. The number of aryl methyl sites for hydroxylation is 1. The highest BCUT2D eigenvalue weighted by atomic mass is 16.7. The molecule has 0 fully saturated rings. The van der Waals surface area contributed by atoms with Crippen molar-refractivity contribution in [2.45, 2.75) is 52.4 Å². The summed E-state index contributed by atoms with van der Waals surface area (Å²) in [6, 6.07) is 9.41. The van der Waals surface area contributed by atoms with Gasteiger partial charge in [0.1, 0.15) is 0 Å². The molecule has 21 heavy (non-hydrogen) atoms. The zero-order valence-electron chi connectivity index (χ0n) is 14.3. The third kappa shape index (κ3) is 5.10. The van der Waals surface area contributed by atoms with Gasteiger partial charge < -0.3 is 9.47 Å². The number of rotatable bonds is 6. The number of ether oxygens (including phenoxy) is 2. The number of benzene rings is 1. The lowest BCUT2D eigenvalue weighted by atomic mass is 9.87. The van der Waals surface area contributed by atoms with Crippen LogP contribution in [0.4, 0.5) is 0 Å². The minimum Gasteiger partial charge on any atom is -0.355 e. The topological polar surface area (TPSA) is 21.7 Å². The second-order valence-corrected chi connectivity index (χ2v) is 5.15. The van der Waals surface area contributed by atoms with E-state index in [2.05, 4.69) is 36.1 Å². The van der Waals surface area contributed by atoms with Crippen LogP contribution in [0.1, 0.15) is 38.3 Å². The first-order chi connectivity index (χ1) is 10.3. The molecular weight excluding hydrogens is 262 g/mol. The second kappa shape index (κ2) is 9.93. The standard InChI is InChI=1S/C16H25NO2.C2H6/c1-4-17(12-16(18-2)19-3)15-10-9-13-7-5-6-8-14(13)11-15;1-2/h5-8,15-16H,4,9-12H2,1-3H3;1-2H3/t15-;/m0./s1. The summed E-state index contributed by atoms with van der Waals surface area (Å²) >= 11 is 0. The van der Waals surface area contributed by atoms with Gasteiger partial charge in [-0.1, -0.05) is 45.0 Å². The highest BCUT2D eigenvalue weighted by Crippen LogP contribution is 2.24. The van der Waals surface area contributed by atoms with E-state index in [-0.39, 0.29) is 6.29 Å². The van der Waals surface area contributed by atoms with Crippen molar-refractivity contribution < 1.29 is 9.47 Å². The van der Waals surface area contributed by atoms with Crippen molar-refractivity contribution in [3.05, 3.63) is 35.4 Å². The maximum atomic E-state index is 5.33. The van der Waals surface area contributed by atoms with Crippen LogP contribution in [0.15, 0.2) is 24.3 Å². The van der Waals surface area contributed by atoms with Gasteiger partial charge in [-0.05, 0) is 36.9 Å². The Balaban J connectivity index is 0.00000106. The average molecular weight is 293 g/mol. The van der Waals surface area contributed by atoms with Gasteiger partial charge in [0.15, 0.2) is 6.29 Å². The summed E-state index contributed by atoms with van der Waals surface area (Å²) in [4.78, 5) is 2.48. The van der Waals surface area contributed by atoms with E-state index >= 15 is 0 Å². The Labute approximate surface area is 130 Å². The van der Waals surface area contributed by atoms with Gasteiger partial charge in [-0.25, -0.2) is 0 Å². The van der Waals surface area contributed by atoms with Crippen molar-refractivity contribution in [3.8, 4) is 0 Å². The number of hydrogen-bond donors (Lipinski definition) is 0. The van der Waals surface area contributed by atoms with E-state index in [1.54, 1.807) is 14.2 Å². The van der Waals surface area contributed by atoms with Crippen LogP contribution in [0, 0.1) is 0 Å². The van der Waals surface area contributed by atoms with Crippen LogP contribution in [0.5, 0.6) is 0 Å². The first kappa shape index (κ1) is 18.1. The van der Waals surface area contributed by atoms with Crippen LogP contribution < -0.4 is 0 Å². The summed E-state index contributed by atoms with van der Waals surface area (Å²) in [5.41, 5.74) is 3.02. The van der Waals surface area contributed by atoms with Gasteiger partial charge in [0.05, 0.1) is 0 Å². The fourth-order valence-corrected chi connectivity index (χ4v) is 2.96. The van der Waals surface area contributed by atoms with Crippen molar-refractivity contribution in [2.75, 3.05) is 27.3 Å². The molecule has 0 bridgehead atoms. The Morgan fingerprint density at radius 2 is 1.76 bits per heavy atom. The van der Waals surface area contributed by atoms with E-state index in [0.29, 0.717) is 6.04 Å². The van der Waals surface area contributed by atoms with Crippen molar-refractivity contribution in [1.82, 2.24) is 4.90 Å². The molecular formula is C18H31NO2. The normalized spacial score (nSPS) is 17.4. The Morgan fingerprint density at radius 3 is 2.33 bits per heavy atom. The molecule has 0 heterocycles. The number of methoxy groups -OCH3 is 2. The van der Waals surface area contributed by atoms with Crippen molar-refractivity contribution in [2.24, 2.45) is 0 Å². The molecule has 0 aromatic heterocycles. The van der Waals surface area contributed by atoms with Crippen LogP contribution in [0.3, 0.4) is 0 Å². The quantitative estimate of drug-likeness (QED) is 0.749. The van der Waals surface area contributed by atoms with E-state index < -0.39 is 0 Å². The van der Waals surface area contributed by atoms with E-state index in [0.717, 1.165) is 19.5 Å². The third-order valence-electron chi connectivity index (χ3n) is 4.15. The summed E-state index contributed by atoms with van der Waals surface area (Å²) < 4.78 is 10.7. The number of nitrogens with zero attached hydrogens (tertiary/aromatic N) is 1. The highest BCUT2D eigenvalue weighted by molar-refractivity contribution is 5.30. The van der Waals surface area contributed by atoms with Gasteiger partial charge in [-0.2, -0.15) is 0 Å². The van der Waals surface area contributed by atoms with Gasteiger partial charge in [-0.3, -0.25) is 4.90 Å². The Bertz CT molecular complexity index is 391. The molecule has 0 aliphatic heterocycles. The van der Waals surface area contributed by atoms with Gasteiger partial charge in [-0.15, -0.1) is 0 Å². The smallest absolute Gasteiger partial charge is 0.169 e. The number of likely N-dealkylation sites (N-methyl/N-ethyl adjacent to an activating group) is 1. The summed E-state index contributed by atoms with van der Waals surface area (Å²) in [5, 5.41) is 0. The summed E-state index contributed by atoms with van der Waals surface area (Å²) in [5.74, 6) is 0. The molecule has 0 N–H and O–H groups in total. The average Bonchev–Trinajstić information content (AvgIpc) is 2.57. The first-order valence-electron chi connectivity index (χ1n) is 8.14. The lowest BCUT2D eigenvalue weighted by Gasteiger charge is -2.35. The maximum Gasteiger partial charge on any atom is 0.169 e. The van der Waals surface area contributed by atoms with Crippen LogP contribution >= 0.6 is 0 Å². The molecule has 0 saturated carbocycles. The predicted molar refractivity (Wildman–Crippen MR) is 88.7 cm³/mol. The second-order valence-electron chi connectivity index (χ2n) is 5.15. The zero-order chi connectivity index (χ0) is 15.7. The number of hydrogen-bond acceptors (Lipinski definition) is 3. The molecule has 0 unspecified atom stereocenters. The van der Waals surface area contributed by atoms with E-state index in [1.807, 2.05) is 13.8 Å². The highest BCUT2D eigenvalue weighted by Gasteiger charge is 2.25. The molecule has 2 rings (SSSR count). The summed E-state index contributed by atoms with van der Waals surface area (Å²) in [6.07, 6.45) is 3.43. The Hall–Kier alpha value is -0.900. The molecule has 0 saturated heterocycles. The van der Waals surface area contributed by atoms with E-state index in [9.17, 15) is 0 Å². The third-order valence-corrected chi connectivity index (χ3v) is 4.15. The molecule has 0 spiro atoms. The van der Waals surface area contributed by atoms with E-state index in [1.165, 1.54) is 24.0 Å². The van der Waals surface area contributed by atoms with Gasteiger partial charge >= 0.3 is 0 Å². The molecule has 3 heteroatoms. The van der Waals surface area contributed by atoms with E-state index in [4.69, 9.17) is 9.47 Å². The maximum absolute atomic E-state index is 5.33. The van der Waals surface area contributed by atoms with Crippen molar-refractivity contribution >= 4 is 0 Å². The lowest BCUT2D eigenvalue weighted by molar-refractivity contribution is -0.120. The number of fused-ring (bicyclic) bond motifs is 1. The molecule has 1 aliphatic carbocycles. The minimum atomic E-state index is -0.128. The van der Waals surface area contributed by atoms with Gasteiger partial charge in [0.25, 0.3) is 0 Å². The molecule has 1 aromatic carbocycles. The Morgan fingerprint density at radius 1 is 1.14 bits per heavy atom. The minimum absolute atomic E-state index is 0.128. The van der Waals surface area contributed by atoms with Crippen molar-refractivity contribution in [3.63, 3.8) is 0 Å². The predicted octanol–water partition coefficient (Wildman–Crippen LogP) is 3.51. The van der Waals surface area contributed by atoms with Crippen LogP contribution in [-0.4, -0.2) is 44.5 Å². The molecule has 120 valence electrons. The SMILES string of the molecule is CC.CCN(CC(OC)OC)[C@H]1CCc2ccccc2C1. The van der Waals surface area contributed by atoms with Crippen LogP contribution in [0.2, 0.25) is 0 Å².